The van der Waals surface area contributed by atoms with Gasteiger partial charge in [0.05, 0.1) is 17.8 Å². The summed E-state index contributed by atoms with van der Waals surface area (Å²) in [6, 6.07) is 4.79. The number of anilines is 1. The number of nitrogens with one attached hydrogen (secondary N) is 2. The fraction of sp³-hybridized carbons (Fsp3) is 0.267. The number of phenols is 1. The first-order valence-corrected chi connectivity index (χ1v) is 7.78. The molecule has 0 saturated carbocycles. The molecule has 0 spiro atoms. The third kappa shape index (κ3) is 4.56. The van der Waals surface area contributed by atoms with Crippen LogP contribution in [0.1, 0.15) is 24.6 Å². The molecular formula is C15H17BrN4O3. The maximum absolute atomic E-state index is 11.5. The van der Waals surface area contributed by atoms with Crippen molar-refractivity contribution in [3.05, 3.63) is 44.3 Å². The van der Waals surface area contributed by atoms with E-state index >= 15 is 0 Å². The summed E-state index contributed by atoms with van der Waals surface area (Å²) in [6.07, 6.45) is 3.16. The molecule has 1 heterocycles. The molecule has 0 saturated heterocycles. The molecule has 0 aliphatic rings. The van der Waals surface area contributed by atoms with Crippen LogP contribution in [0.25, 0.3) is 0 Å². The topological polar surface area (TPSA) is 99.6 Å². The van der Waals surface area contributed by atoms with E-state index in [-0.39, 0.29) is 17.3 Å². The molecule has 0 amide bonds. The van der Waals surface area contributed by atoms with Crippen molar-refractivity contribution in [2.45, 2.75) is 19.8 Å². The van der Waals surface area contributed by atoms with Crippen LogP contribution < -0.4 is 15.7 Å². The Hall–Kier alpha value is -2.35. The lowest BCUT2D eigenvalue weighted by molar-refractivity contribution is 0.372. The highest BCUT2D eigenvalue weighted by atomic mass is 79.9. The number of H-pyrrole nitrogens is 1. The second-order valence-electron chi connectivity index (χ2n) is 4.76. The van der Waals surface area contributed by atoms with Gasteiger partial charge >= 0.3 is 0 Å². The summed E-state index contributed by atoms with van der Waals surface area (Å²) in [6.45, 7) is 2.02. The number of halogens is 1. The highest BCUT2D eigenvalue weighted by Gasteiger charge is 2.07. The van der Waals surface area contributed by atoms with Gasteiger partial charge in [0.2, 0.25) is 5.95 Å². The van der Waals surface area contributed by atoms with Gasteiger partial charge in [-0.1, -0.05) is 13.3 Å². The number of aromatic hydroxyl groups is 1. The van der Waals surface area contributed by atoms with Crippen molar-refractivity contribution in [1.82, 2.24) is 9.97 Å². The van der Waals surface area contributed by atoms with Crippen LogP contribution in [0.2, 0.25) is 0 Å². The summed E-state index contributed by atoms with van der Waals surface area (Å²) < 4.78 is 5.56. The highest BCUT2D eigenvalue weighted by Crippen LogP contribution is 2.34. The van der Waals surface area contributed by atoms with Crippen LogP contribution in [0.4, 0.5) is 5.95 Å². The molecule has 0 aliphatic heterocycles. The zero-order valence-electron chi connectivity index (χ0n) is 12.8. The number of ether oxygens (including phenoxy) is 1. The van der Waals surface area contributed by atoms with E-state index in [4.69, 9.17) is 4.74 Å². The molecule has 0 bridgehead atoms. The summed E-state index contributed by atoms with van der Waals surface area (Å²) in [5, 5.41) is 13.8. The van der Waals surface area contributed by atoms with Crippen molar-refractivity contribution >= 4 is 28.1 Å². The van der Waals surface area contributed by atoms with Crippen molar-refractivity contribution in [1.29, 1.82) is 0 Å². The zero-order chi connectivity index (χ0) is 16.8. The molecule has 7 nitrogen and oxygen atoms in total. The molecule has 2 aromatic rings. The number of hydrazone groups is 1. The molecule has 0 fully saturated rings. The lowest BCUT2D eigenvalue weighted by atomic mass is 10.2. The molecule has 0 unspecified atom stereocenters. The first kappa shape index (κ1) is 17.0. The van der Waals surface area contributed by atoms with Crippen LogP contribution >= 0.6 is 15.9 Å². The van der Waals surface area contributed by atoms with Crippen molar-refractivity contribution in [2.24, 2.45) is 5.10 Å². The molecule has 8 heteroatoms. The van der Waals surface area contributed by atoms with Gasteiger partial charge in [-0.15, -0.1) is 0 Å². The molecule has 23 heavy (non-hydrogen) atoms. The van der Waals surface area contributed by atoms with Crippen LogP contribution in [0.15, 0.2) is 32.6 Å². The number of phenolic OH excluding ortho intramolecular Hbond substituents is 1. The monoisotopic (exact) mass is 380 g/mol. The van der Waals surface area contributed by atoms with Gasteiger partial charge in [-0.2, -0.15) is 5.10 Å². The molecule has 122 valence electrons. The fourth-order valence-corrected chi connectivity index (χ4v) is 2.40. The van der Waals surface area contributed by atoms with Gasteiger partial charge in [0.25, 0.3) is 5.56 Å². The van der Waals surface area contributed by atoms with Gasteiger partial charge in [0, 0.05) is 11.8 Å². The number of aromatic amines is 1. The SMILES string of the molecule is CCCc1cc(=O)[nH]c(NN=Cc2cc(Br)c(O)c(OC)c2)n1. The van der Waals surface area contributed by atoms with E-state index in [2.05, 4.69) is 36.4 Å². The smallest absolute Gasteiger partial charge is 0.252 e. The Morgan fingerprint density at radius 1 is 1.48 bits per heavy atom. The Labute approximate surface area is 141 Å². The predicted octanol–water partition coefficient (Wildman–Crippen LogP) is 2.65. The first-order valence-electron chi connectivity index (χ1n) is 6.99. The van der Waals surface area contributed by atoms with E-state index in [0.29, 0.717) is 21.5 Å². The Kier molecular flexibility index (Phi) is 5.75. The number of rotatable bonds is 6. The summed E-state index contributed by atoms with van der Waals surface area (Å²) in [7, 11) is 1.47. The second-order valence-corrected chi connectivity index (χ2v) is 5.61. The van der Waals surface area contributed by atoms with Crippen molar-refractivity contribution in [3.63, 3.8) is 0 Å². The van der Waals surface area contributed by atoms with E-state index in [1.807, 2.05) is 6.92 Å². The Balaban J connectivity index is 2.16. The van der Waals surface area contributed by atoms with Crippen LogP contribution in [0.5, 0.6) is 11.5 Å². The number of benzene rings is 1. The van der Waals surface area contributed by atoms with Crippen LogP contribution in [-0.2, 0) is 6.42 Å². The number of aromatic nitrogens is 2. The average molecular weight is 381 g/mol. The van der Waals surface area contributed by atoms with E-state index in [1.165, 1.54) is 19.4 Å². The molecule has 2 rings (SSSR count). The molecule has 0 atom stereocenters. The number of hydrogen-bond donors (Lipinski definition) is 3. The largest absolute Gasteiger partial charge is 0.503 e. The minimum atomic E-state index is -0.227. The third-order valence-electron chi connectivity index (χ3n) is 2.96. The van der Waals surface area contributed by atoms with Crippen molar-refractivity contribution in [3.8, 4) is 11.5 Å². The van der Waals surface area contributed by atoms with Crippen LogP contribution in [0.3, 0.4) is 0 Å². The summed E-state index contributed by atoms with van der Waals surface area (Å²) in [4.78, 5) is 18.4. The Bertz CT molecular complexity index is 774. The molecular weight excluding hydrogens is 364 g/mol. The van der Waals surface area contributed by atoms with Gasteiger partial charge in [0.1, 0.15) is 0 Å². The standard InChI is InChI=1S/C15H17BrN4O3/c1-3-4-10-7-13(21)19-15(18-10)20-17-8-9-5-11(16)14(22)12(6-9)23-2/h5-8,22H,3-4H2,1-2H3,(H2,18,19,20,21). The van der Waals surface area contributed by atoms with Gasteiger partial charge in [-0.25, -0.2) is 10.4 Å². The van der Waals surface area contributed by atoms with E-state index in [9.17, 15) is 9.90 Å². The molecule has 1 aromatic heterocycles. The number of nitrogens with zero attached hydrogens (tertiary/aromatic N) is 2. The molecule has 0 radical (unpaired) electrons. The number of aryl methyl sites for hydroxylation is 1. The fourth-order valence-electron chi connectivity index (χ4n) is 1.94. The first-order chi connectivity index (χ1) is 11.0. The summed E-state index contributed by atoms with van der Waals surface area (Å²) >= 11 is 3.24. The average Bonchev–Trinajstić information content (AvgIpc) is 2.50. The van der Waals surface area contributed by atoms with Crippen molar-refractivity contribution in [2.75, 3.05) is 12.5 Å². The normalized spacial score (nSPS) is 10.9. The van der Waals surface area contributed by atoms with Gasteiger partial charge in [0.15, 0.2) is 11.5 Å². The van der Waals surface area contributed by atoms with E-state index < -0.39 is 0 Å². The van der Waals surface area contributed by atoms with E-state index in [1.54, 1.807) is 12.1 Å². The Morgan fingerprint density at radius 2 is 2.26 bits per heavy atom. The maximum atomic E-state index is 11.5. The van der Waals surface area contributed by atoms with Crippen LogP contribution in [-0.4, -0.2) is 28.4 Å². The summed E-state index contributed by atoms with van der Waals surface area (Å²) in [5.74, 6) is 0.634. The second kappa shape index (κ2) is 7.77. The third-order valence-corrected chi connectivity index (χ3v) is 3.56. The molecule has 3 N–H and O–H groups in total. The molecule has 1 aromatic carbocycles. The van der Waals surface area contributed by atoms with Gasteiger partial charge < -0.3 is 9.84 Å². The zero-order valence-corrected chi connectivity index (χ0v) is 14.3. The van der Waals surface area contributed by atoms with Crippen LogP contribution in [0, 0.1) is 0 Å². The highest BCUT2D eigenvalue weighted by molar-refractivity contribution is 9.10. The van der Waals surface area contributed by atoms with Gasteiger partial charge in [-0.05, 0) is 40.0 Å². The summed E-state index contributed by atoms with van der Waals surface area (Å²) in [5.41, 5.74) is 3.87. The number of methoxy groups -OCH3 is 1. The van der Waals surface area contributed by atoms with Crippen molar-refractivity contribution < 1.29 is 9.84 Å². The number of hydrogen-bond acceptors (Lipinski definition) is 6. The lowest BCUT2D eigenvalue weighted by Gasteiger charge is -2.06. The van der Waals surface area contributed by atoms with Gasteiger partial charge in [-0.3, -0.25) is 9.78 Å². The molecule has 0 aliphatic carbocycles. The predicted molar refractivity (Wildman–Crippen MR) is 92.4 cm³/mol. The Morgan fingerprint density at radius 3 is 2.96 bits per heavy atom. The minimum absolute atomic E-state index is 0.0240. The quantitative estimate of drug-likeness (QED) is 0.528. The lowest BCUT2D eigenvalue weighted by Crippen LogP contribution is -2.11. The van der Waals surface area contributed by atoms with E-state index in [0.717, 1.165) is 12.8 Å². The minimum Gasteiger partial charge on any atom is -0.503 e. The maximum Gasteiger partial charge on any atom is 0.252 e.